The Balaban J connectivity index is 1.28. The molecule has 28 heavy (non-hydrogen) atoms. The van der Waals surface area contributed by atoms with Gasteiger partial charge in [-0.05, 0) is 49.1 Å². The van der Waals surface area contributed by atoms with Crippen molar-refractivity contribution in [3.05, 3.63) is 57.9 Å². The Bertz CT molecular complexity index is 1150. The average Bonchev–Trinajstić information content (AvgIpc) is 3.35. The predicted molar refractivity (Wildman–Crippen MR) is 98.2 cm³/mol. The van der Waals surface area contributed by atoms with E-state index in [1.807, 2.05) is 6.07 Å². The molecule has 142 valence electrons. The van der Waals surface area contributed by atoms with Crippen molar-refractivity contribution in [1.82, 2.24) is 0 Å². The van der Waals surface area contributed by atoms with Crippen molar-refractivity contribution in [2.75, 3.05) is 13.4 Å². The maximum Gasteiger partial charge on any atom is 0.349 e. The minimum atomic E-state index is -0.561. The number of rotatable bonds is 4. The lowest BCUT2D eigenvalue weighted by molar-refractivity contribution is -0.136. The molecule has 2 aromatic carbocycles. The highest BCUT2D eigenvalue weighted by atomic mass is 16.7. The molecule has 0 fully saturated rings. The fraction of sp³-hybridized carbons (Fsp3) is 0.238. The third-order valence-electron chi connectivity index (χ3n) is 4.88. The minimum absolute atomic E-state index is 0.150. The number of benzene rings is 2. The van der Waals surface area contributed by atoms with Gasteiger partial charge in [-0.1, -0.05) is 0 Å². The van der Waals surface area contributed by atoms with Gasteiger partial charge in [0.15, 0.2) is 18.1 Å². The van der Waals surface area contributed by atoms with Gasteiger partial charge >= 0.3 is 11.6 Å². The second-order valence-electron chi connectivity index (χ2n) is 6.64. The molecule has 2 aliphatic rings. The molecular weight excluding hydrogens is 364 g/mol. The third-order valence-corrected chi connectivity index (χ3v) is 4.88. The summed E-state index contributed by atoms with van der Waals surface area (Å²) in [7, 11) is 0. The van der Waals surface area contributed by atoms with Gasteiger partial charge < -0.3 is 23.4 Å². The number of esters is 1. The van der Waals surface area contributed by atoms with Crippen LogP contribution in [0.15, 0.2) is 45.6 Å². The summed E-state index contributed by atoms with van der Waals surface area (Å²) in [5.74, 6) is 1.35. The lowest BCUT2D eigenvalue weighted by Gasteiger charge is -2.09. The first-order chi connectivity index (χ1) is 13.7. The summed E-state index contributed by atoms with van der Waals surface area (Å²) in [6, 6.07) is 10.1. The molecule has 0 bridgehead atoms. The van der Waals surface area contributed by atoms with E-state index in [1.165, 1.54) is 0 Å². The van der Waals surface area contributed by atoms with Crippen LogP contribution in [0.1, 0.15) is 17.5 Å². The molecule has 0 saturated heterocycles. The van der Waals surface area contributed by atoms with Crippen molar-refractivity contribution in [2.45, 2.75) is 19.3 Å². The normalized spacial score (nSPS) is 14.1. The van der Waals surface area contributed by atoms with Gasteiger partial charge in [-0.2, -0.15) is 0 Å². The molecule has 0 saturated carbocycles. The van der Waals surface area contributed by atoms with Crippen LogP contribution >= 0.6 is 0 Å². The summed E-state index contributed by atoms with van der Waals surface area (Å²) >= 11 is 0. The maximum atomic E-state index is 12.1. The van der Waals surface area contributed by atoms with Gasteiger partial charge in [0, 0.05) is 23.1 Å². The van der Waals surface area contributed by atoms with E-state index < -0.39 is 5.97 Å². The van der Waals surface area contributed by atoms with E-state index in [0.29, 0.717) is 28.6 Å². The van der Waals surface area contributed by atoms with Gasteiger partial charge in [0.25, 0.3) is 0 Å². The smallest absolute Gasteiger partial charge is 0.349 e. The minimum Gasteiger partial charge on any atom is -0.482 e. The topological polar surface area (TPSA) is 84.2 Å². The zero-order chi connectivity index (χ0) is 19.1. The highest BCUT2D eigenvalue weighted by Crippen LogP contribution is 2.35. The largest absolute Gasteiger partial charge is 0.482 e. The molecule has 3 aromatic rings. The zero-order valence-corrected chi connectivity index (χ0v) is 14.9. The van der Waals surface area contributed by atoms with Crippen molar-refractivity contribution in [2.24, 2.45) is 0 Å². The molecule has 7 heteroatoms. The van der Waals surface area contributed by atoms with Gasteiger partial charge in [-0.15, -0.1) is 0 Å². The van der Waals surface area contributed by atoms with Gasteiger partial charge in [0.1, 0.15) is 17.1 Å². The van der Waals surface area contributed by atoms with Crippen LogP contribution in [-0.4, -0.2) is 19.4 Å². The quantitative estimate of drug-likeness (QED) is 0.391. The van der Waals surface area contributed by atoms with Gasteiger partial charge in [-0.25, -0.2) is 9.59 Å². The second kappa shape index (κ2) is 6.60. The molecular formula is C21H16O7. The van der Waals surface area contributed by atoms with E-state index in [1.54, 1.807) is 30.3 Å². The molecule has 0 spiro atoms. The van der Waals surface area contributed by atoms with Crippen molar-refractivity contribution in [3.63, 3.8) is 0 Å². The van der Waals surface area contributed by atoms with Crippen LogP contribution in [0.4, 0.5) is 0 Å². The number of hydrogen-bond donors (Lipinski definition) is 0. The van der Waals surface area contributed by atoms with E-state index in [9.17, 15) is 9.59 Å². The summed E-state index contributed by atoms with van der Waals surface area (Å²) in [6.07, 6.45) is 2.60. The Morgan fingerprint density at radius 3 is 2.71 bits per heavy atom. The third kappa shape index (κ3) is 2.94. The Labute approximate surface area is 159 Å². The summed E-state index contributed by atoms with van der Waals surface area (Å²) in [5, 5.41) is 0.919. The molecule has 1 aliphatic carbocycles. The second-order valence-corrected chi connectivity index (χ2v) is 6.64. The first-order valence-electron chi connectivity index (χ1n) is 8.99. The number of hydrogen-bond acceptors (Lipinski definition) is 7. The summed E-state index contributed by atoms with van der Waals surface area (Å²) in [4.78, 5) is 24.1. The van der Waals surface area contributed by atoms with Crippen molar-refractivity contribution >= 4 is 16.9 Å². The maximum absolute atomic E-state index is 12.1. The van der Waals surface area contributed by atoms with Crippen LogP contribution in [-0.2, 0) is 17.6 Å². The first kappa shape index (κ1) is 16.7. The van der Waals surface area contributed by atoms with Gasteiger partial charge in [-0.3, -0.25) is 0 Å². The van der Waals surface area contributed by atoms with Crippen LogP contribution in [0.25, 0.3) is 11.0 Å². The number of aryl methyl sites for hydroxylation is 1. The first-order valence-corrected chi connectivity index (χ1v) is 8.99. The van der Waals surface area contributed by atoms with Crippen LogP contribution in [0.3, 0.4) is 0 Å². The van der Waals surface area contributed by atoms with E-state index in [4.69, 9.17) is 23.4 Å². The lowest BCUT2D eigenvalue weighted by Crippen LogP contribution is -2.17. The Kier molecular flexibility index (Phi) is 3.93. The van der Waals surface area contributed by atoms with E-state index >= 15 is 0 Å². The molecule has 0 unspecified atom stereocenters. The van der Waals surface area contributed by atoms with Gasteiger partial charge in [0.05, 0.1) is 0 Å². The number of ether oxygens (including phenoxy) is 4. The van der Waals surface area contributed by atoms with Crippen molar-refractivity contribution in [3.8, 4) is 23.0 Å². The van der Waals surface area contributed by atoms with E-state index in [0.717, 1.165) is 35.8 Å². The number of carbonyl (C=O) groups excluding carboxylic acids is 1. The highest BCUT2D eigenvalue weighted by molar-refractivity contribution is 5.83. The van der Waals surface area contributed by atoms with Gasteiger partial charge in [0.2, 0.25) is 6.79 Å². The summed E-state index contributed by atoms with van der Waals surface area (Å²) in [6.45, 7) is -0.133. The number of fused-ring (bicyclic) bond motifs is 4. The van der Waals surface area contributed by atoms with Crippen LogP contribution in [0.2, 0.25) is 0 Å². The fourth-order valence-corrected chi connectivity index (χ4v) is 3.60. The molecule has 0 N–H and O–H groups in total. The van der Waals surface area contributed by atoms with E-state index in [-0.39, 0.29) is 19.0 Å². The lowest BCUT2D eigenvalue weighted by atomic mass is 10.1. The van der Waals surface area contributed by atoms with Crippen molar-refractivity contribution < 1.29 is 28.2 Å². The molecule has 0 atom stereocenters. The highest BCUT2D eigenvalue weighted by Gasteiger charge is 2.20. The Hall–Kier alpha value is -3.48. The summed E-state index contributed by atoms with van der Waals surface area (Å²) < 4.78 is 26.6. The Morgan fingerprint density at radius 2 is 1.79 bits per heavy atom. The molecule has 0 radical (unpaired) electrons. The Morgan fingerprint density at radius 1 is 0.964 bits per heavy atom. The van der Waals surface area contributed by atoms with Crippen LogP contribution < -0.4 is 24.6 Å². The predicted octanol–water partition coefficient (Wildman–Crippen LogP) is 2.99. The van der Waals surface area contributed by atoms with Crippen LogP contribution in [0.5, 0.6) is 23.0 Å². The van der Waals surface area contributed by atoms with Crippen molar-refractivity contribution in [1.29, 1.82) is 0 Å². The molecule has 1 aromatic heterocycles. The van der Waals surface area contributed by atoms with E-state index in [2.05, 4.69) is 0 Å². The molecule has 5 rings (SSSR count). The zero-order valence-electron chi connectivity index (χ0n) is 14.9. The fourth-order valence-electron chi connectivity index (χ4n) is 3.60. The average molecular weight is 380 g/mol. The van der Waals surface area contributed by atoms with Crippen LogP contribution in [0, 0.1) is 0 Å². The number of carbonyl (C=O) groups is 1. The standard InChI is InChI=1S/C21H16O7/c22-20(27-13-5-7-17-19(9-13)26-11-25-17)10-24-12-4-6-15-14-2-1-3-16(14)21(23)28-18(15)8-12/h4-9H,1-3,10-11H2. The summed E-state index contributed by atoms with van der Waals surface area (Å²) in [5.41, 5.74) is 2.00. The monoisotopic (exact) mass is 380 g/mol. The molecule has 0 amide bonds. The molecule has 2 heterocycles. The molecule has 7 nitrogen and oxygen atoms in total. The molecule has 1 aliphatic heterocycles. The SMILES string of the molecule is O=C(COc1ccc2c3c(c(=O)oc2c1)CCC3)Oc1ccc2c(c1)OCO2.